The van der Waals surface area contributed by atoms with Crippen LogP contribution in [0.3, 0.4) is 0 Å². The maximum atomic E-state index is 5.01. The van der Waals surface area contributed by atoms with Crippen LogP contribution in [0.15, 0.2) is 176 Å². The van der Waals surface area contributed by atoms with E-state index in [0.717, 1.165) is 16.7 Å². The van der Waals surface area contributed by atoms with Crippen molar-refractivity contribution in [3.8, 4) is 56.4 Å². The Morgan fingerprint density at radius 1 is 0.281 bits per heavy atom. The highest BCUT2D eigenvalue weighted by molar-refractivity contribution is 7.27. The van der Waals surface area contributed by atoms with Crippen LogP contribution >= 0.6 is 34.0 Å². The average Bonchev–Trinajstić information content (AvgIpc) is 3.97. The van der Waals surface area contributed by atoms with Crippen LogP contribution in [-0.2, 0) is 0 Å². The minimum absolute atomic E-state index is 0.665. The molecule has 266 valence electrons. The molecule has 0 aliphatic heterocycles. The summed E-state index contributed by atoms with van der Waals surface area (Å²) in [7, 11) is 0. The van der Waals surface area contributed by atoms with Crippen molar-refractivity contribution in [2.24, 2.45) is 0 Å². The Bertz CT molecular complexity index is 3470. The third-order valence-corrected chi connectivity index (χ3v) is 14.4. The van der Waals surface area contributed by atoms with Crippen molar-refractivity contribution in [2.45, 2.75) is 0 Å². The summed E-state index contributed by atoms with van der Waals surface area (Å²) in [6, 6.07) is 63.2. The van der Waals surface area contributed by atoms with Gasteiger partial charge in [0.25, 0.3) is 0 Å². The van der Waals surface area contributed by atoms with Gasteiger partial charge in [-0.15, -0.1) is 34.0 Å². The Hall–Kier alpha value is -6.57. The molecule has 0 fully saturated rings. The fourth-order valence-corrected chi connectivity index (χ4v) is 11.8. The third kappa shape index (κ3) is 5.41. The lowest BCUT2D eigenvalue weighted by molar-refractivity contribution is 1.07. The normalized spacial score (nSPS) is 11.9. The molecule has 0 saturated carbocycles. The molecule has 0 unspecified atom stereocenters. The first-order valence-corrected chi connectivity index (χ1v) is 21.4. The van der Waals surface area contributed by atoms with Gasteiger partial charge in [0, 0.05) is 77.2 Å². The molecule has 4 aromatic heterocycles. The number of hydrogen-bond donors (Lipinski definition) is 0. The molecule has 0 N–H and O–H groups in total. The number of rotatable bonds is 5. The Labute approximate surface area is 339 Å². The SMILES string of the molecule is c1ccc(-c2nc(-c3ccccc3)nc(-c3ccc4c(c3)sc3ccc(-c5cc(-c6cccc7c6sc6ccccc67)cc6sc7ccccc7c56)cc34)n2)cc1. The summed E-state index contributed by atoms with van der Waals surface area (Å²) < 4.78 is 7.75. The molecule has 0 atom stereocenters. The molecule has 0 radical (unpaired) electrons. The summed E-state index contributed by atoms with van der Waals surface area (Å²) in [5, 5.41) is 7.77. The summed E-state index contributed by atoms with van der Waals surface area (Å²) >= 11 is 5.59. The Morgan fingerprint density at radius 3 is 1.60 bits per heavy atom. The molecule has 0 amide bonds. The fourth-order valence-electron chi connectivity index (χ4n) is 8.23. The molecular formula is C51H29N3S3. The first-order valence-electron chi connectivity index (χ1n) is 18.9. The molecule has 3 nitrogen and oxygen atoms in total. The molecule has 0 aliphatic rings. The van der Waals surface area contributed by atoms with Crippen molar-refractivity contribution in [1.29, 1.82) is 0 Å². The van der Waals surface area contributed by atoms with Crippen molar-refractivity contribution in [3.63, 3.8) is 0 Å². The van der Waals surface area contributed by atoms with Gasteiger partial charge >= 0.3 is 0 Å². The predicted octanol–water partition coefficient (Wildman–Crippen LogP) is 15.3. The number of benzene rings is 8. The number of hydrogen-bond acceptors (Lipinski definition) is 6. The lowest BCUT2D eigenvalue weighted by atomic mass is 9.93. The molecule has 12 rings (SSSR count). The van der Waals surface area contributed by atoms with Gasteiger partial charge in [-0.05, 0) is 64.7 Å². The number of aromatic nitrogens is 3. The van der Waals surface area contributed by atoms with Gasteiger partial charge in [-0.3, -0.25) is 0 Å². The Morgan fingerprint density at radius 2 is 0.842 bits per heavy atom. The largest absolute Gasteiger partial charge is 0.208 e. The summed E-state index contributed by atoms with van der Waals surface area (Å²) in [5.41, 5.74) is 7.93. The maximum absolute atomic E-state index is 5.01. The molecule has 0 aliphatic carbocycles. The van der Waals surface area contributed by atoms with E-state index in [1.807, 2.05) is 94.7 Å². The van der Waals surface area contributed by atoms with Crippen LogP contribution in [0.25, 0.3) is 117 Å². The smallest absolute Gasteiger partial charge is 0.164 e. The second-order valence-corrected chi connectivity index (χ2v) is 17.6. The van der Waals surface area contributed by atoms with Crippen LogP contribution < -0.4 is 0 Å². The van der Waals surface area contributed by atoms with Crippen LogP contribution in [0, 0.1) is 0 Å². The number of thiophene rings is 3. The Kier molecular flexibility index (Phi) is 7.45. The molecule has 0 saturated heterocycles. The highest BCUT2D eigenvalue weighted by Crippen LogP contribution is 2.47. The zero-order valence-electron chi connectivity index (χ0n) is 30.3. The van der Waals surface area contributed by atoms with Crippen molar-refractivity contribution in [3.05, 3.63) is 176 Å². The van der Waals surface area contributed by atoms with E-state index < -0.39 is 0 Å². The van der Waals surface area contributed by atoms with Crippen LogP contribution in [0.5, 0.6) is 0 Å². The quantitative estimate of drug-likeness (QED) is 0.175. The topological polar surface area (TPSA) is 38.7 Å². The van der Waals surface area contributed by atoms with Gasteiger partial charge in [0.15, 0.2) is 17.5 Å². The minimum atomic E-state index is 0.665. The van der Waals surface area contributed by atoms with E-state index in [0.29, 0.717) is 17.5 Å². The molecule has 57 heavy (non-hydrogen) atoms. The van der Waals surface area contributed by atoms with Gasteiger partial charge in [-0.2, -0.15) is 0 Å². The highest BCUT2D eigenvalue weighted by atomic mass is 32.1. The average molecular weight is 780 g/mol. The van der Waals surface area contributed by atoms with E-state index in [1.165, 1.54) is 82.8 Å². The van der Waals surface area contributed by atoms with Crippen LogP contribution in [-0.4, -0.2) is 15.0 Å². The van der Waals surface area contributed by atoms with Crippen molar-refractivity contribution in [1.82, 2.24) is 15.0 Å². The first kappa shape index (κ1) is 32.7. The van der Waals surface area contributed by atoms with E-state index >= 15 is 0 Å². The van der Waals surface area contributed by atoms with Crippen LogP contribution in [0.1, 0.15) is 0 Å². The third-order valence-electron chi connectivity index (χ3n) is 10.9. The second-order valence-electron chi connectivity index (χ2n) is 14.3. The number of fused-ring (bicyclic) bond motifs is 9. The Balaban J connectivity index is 1.02. The van der Waals surface area contributed by atoms with E-state index in [9.17, 15) is 0 Å². The molecule has 4 heterocycles. The molecule has 12 aromatic rings. The van der Waals surface area contributed by atoms with E-state index in [4.69, 9.17) is 15.0 Å². The highest BCUT2D eigenvalue weighted by Gasteiger charge is 2.19. The molecule has 6 heteroatoms. The molecule has 0 bridgehead atoms. The standard InChI is InChI=1S/C51H29N3S3/c1-3-12-30(13-4-1)49-52-50(31-14-5-2-6-15-31)54-51(53-49)33-22-24-37-41-26-32(23-25-44(41)55-45(37)28-33)40-27-34(29-46-47(40)39-17-8-10-21-43(39)56-46)35-18-11-19-38-36-16-7-9-20-42(36)57-48(35)38/h1-29H. The van der Waals surface area contributed by atoms with E-state index in [2.05, 4.69) is 115 Å². The summed E-state index contributed by atoms with van der Waals surface area (Å²) in [5.74, 6) is 2.00. The maximum Gasteiger partial charge on any atom is 0.164 e. The zero-order chi connectivity index (χ0) is 37.5. The first-order chi connectivity index (χ1) is 28.2. The molecule has 0 spiro atoms. The van der Waals surface area contributed by atoms with Gasteiger partial charge in [-0.1, -0.05) is 133 Å². The van der Waals surface area contributed by atoms with Crippen molar-refractivity contribution < 1.29 is 0 Å². The predicted molar refractivity (Wildman–Crippen MR) is 246 cm³/mol. The van der Waals surface area contributed by atoms with Gasteiger partial charge in [-0.25, -0.2) is 15.0 Å². The van der Waals surface area contributed by atoms with Crippen LogP contribution in [0.4, 0.5) is 0 Å². The summed E-state index contributed by atoms with van der Waals surface area (Å²) in [6.07, 6.45) is 0. The van der Waals surface area contributed by atoms with E-state index in [1.54, 1.807) is 0 Å². The monoisotopic (exact) mass is 779 g/mol. The van der Waals surface area contributed by atoms with Gasteiger partial charge in [0.1, 0.15) is 0 Å². The van der Waals surface area contributed by atoms with Crippen LogP contribution in [0.2, 0.25) is 0 Å². The van der Waals surface area contributed by atoms with Crippen molar-refractivity contribution in [2.75, 3.05) is 0 Å². The molecule has 8 aromatic carbocycles. The lowest BCUT2D eigenvalue weighted by Crippen LogP contribution is -1.99. The van der Waals surface area contributed by atoms with Gasteiger partial charge in [0.2, 0.25) is 0 Å². The van der Waals surface area contributed by atoms with Gasteiger partial charge < -0.3 is 0 Å². The van der Waals surface area contributed by atoms with Gasteiger partial charge in [0.05, 0.1) is 0 Å². The van der Waals surface area contributed by atoms with Crippen molar-refractivity contribution >= 4 is 94.5 Å². The second kappa shape index (κ2) is 13.0. The fraction of sp³-hybridized carbons (Fsp3) is 0. The zero-order valence-corrected chi connectivity index (χ0v) is 32.8. The summed E-state index contributed by atoms with van der Waals surface area (Å²) in [4.78, 5) is 14.9. The number of nitrogens with zero attached hydrogens (tertiary/aromatic N) is 3. The summed E-state index contributed by atoms with van der Waals surface area (Å²) in [6.45, 7) is 0. The lowest BCUT2D eigenvalue weighted by Gasteiger charge is -2.11. The minimum Gasteiger partial charge on any atom is -0.208 e. The van der Waals surface area contributed by atoms with E-state index in [-0.39, 0.29) is 0 Å². The molecular weight excluding hydrogens is 751 g/mol.